The van der Waals surface area contributed by atoms with Gasteiger partial charge in [0.05, 0.1) is 27.1 Å². The third-order valence-electron chi connectivity index (χ3n) is 6.58. The maximum absolute atomic E-state index is 15.7. The van der Waals surface area contributed by atoms with Crippen LogP contribution in [0.2, 0.25) is 5.02 Å². The van der Waals surface area contributed by atoms with E-state index in [1.54, 1.807) is 24.3 Å². The highest BCUT2D eigenvalue weighted by atomic mass is 35.5. The lowest BCUT2D eigenvalue weighted by Crippen LogP contribution is -2.04. The Morgan fingerprint density at radius 3 is 2.78 bits per heavy atom. The van der Waals surface area contributed by atoms with Crippen molar-refractivity contribution in [1.29, 1.82) is 0 Å². The molecule has 3 aromatic carbocycles. The first-order valence-electron chi connectivity index (χ1n) is 11.8. The van der Waals surface area contributed by atoms with Crippen molar-refractivity contribution < 1.29 is 27.4 Å². The number of carbonyl (C=O) groups excluding carboxylic acids is 1. The molecule has 6 nitrogen and oxygen atoms in total. The van der Waals surface area contributed by atoms with Crippen LogP contribution in [0.15, 0.2) is 57.9 Å². The quantitative estimate of drug-likeness (QED) is 0.243. The number of rotatable bonds is 6. The first kappa shape index (κ1) is 23.9. The fourth-order valence-electron chi connectivity index (χ4n) is 4.52. The molecule has 4 aromatic rings. The van der Waals surface area contributed by atoms with Gasteiger partial charge in [0.15, 0.2) is 11.6 Å². The summed E-state index contributed by atoms with van der Waals surface area (Å²) in [5, 5.41) is 4.85. The highest BCUT2D eigenvalue weighted by molar-refractivity contribution is 7.84. The average molecular weight is 538 g/mol. The molecule has 1 saturated carbocycles. The van der Waals surface area contributed by atoms with E-state index in [1.807, 2.05) is 19.1 Å². The fourth-order valence-corrected chi connectivity index (χ4v) is 6.13. The van der Waals surface area contributed by atoms with Crippen LogP contribution in [-0.2, 0) is 23.2 Å². The van der Waals surface area contributed by atoms with Crippen LogP contribution in [0.5, 0.6) is 17.2 Å². The number of aldehydes is 1. The van der Waals surface area contributed by atoms with Crippen LogP contribution in [0.25, 0.3) is 11.3 Å². The smallest absolute Gasteiger partial charge is 0.184 e. The summed E-state index contributed by atoms with van der Waals surface area (Å²) < 4.78 is 46.4. The monoisotopic (exact) mass is 537 g/mol. The molecule has 6 rings (SSSR count). The van der Waals surface area contributed by atoms with Crippen LogP contribution >= 0.6 is 11.6 Å². The van der Waals surface area contributed by atoms with Gasteiger partial charge >= 0.3 is 0 Å². The van der Waals surface area contributed by atoms with Crippen molar-refractivity contribution in [3.8, 4) is 28.5 Å². The third kappa shape index (κ3) is 4.34. The zero-order valence-electron chi connectivity index (χ0n) is 19.8. The Bertz CT molecular complexity index is 1560. The fraction of sp³-hybridized carbons (Fsp3) is 0.214. The molecule has 1 aliphatic carbocycles. The molecular formula is C28H21ClFNO5S. The summed E-state index contributed by atoms with van der Waals surface area (Å²) in [5.74, 6) is 0.714. The van der Waals surface area contributed by atoms with E-state index in [9.17, 15) is 9.00 Å². The highest BCUT2D eigenvalue weighted by Gasteiger charge is 2.34. The molecule has 1 fully saturated rings. The molecule has 1 atom stereocenters. The molecule has 37 heavy (non-hydrogen) atoms. The SMILES string of the molecule is Cc1cccc(Cl)c1-c1noc(C2CC2)c1COc1ccc2c(c1F)S(=O)Cc1ccc(C=O)cc1O2. The van der Waals surface area contributed by atoms with Crippen LogP contribution in [-0.4, -0.2) is 15.7 Å². The first-order valence-corrected chi connectivity index (χ1v) is 13.5. The Hall–Kier alpha value is -3.49. The largest absolute Gasteiger partial charge is 0.486 e. The van der Waals surface area contributed by atoms with Gasteiger partial charge in [-0.15, -0.1) is 0 Å². The lowest BCUT2D eigenvalue weighted by molar-refractivity contribution is 0.112. The van der Waals surface area contributed by atoms with Crippen LogP contribution in [0.4, 0.5) is 4.39 Å². The van der Waals surface area contributed by atoms with Crippen molar-refractivity contribution in [2.75, 3.05) is 0 Å². The van der Waals surface area contributed by atoms with Crippen LogP contribution in [0, 0.1) is 12.7 Å². The van der Waals surface area contributed by atoms with E-state index in [0.29, 0.717) is 33.9 Å². The van der Waals surface area contributed by atoms with Gasteiger partial charge in [-0.25, -0.2) is 4.39 Å². The van der Waals surface area contributed by atoms with E-state index in [4.69, 9.17) is 25.6 Å². The van der Waals surface area contributed by atoms with Gasteiger partial charge in [0.2, 0.25) is 0 Å². The number of nitrogens with zero attached hydrogens (tertiary/aromatic N) is 1. The molecule has 0 spiro atoms. The maximum atomic E-state index is 15.7. The molecular weight excluding hydrogens is 517 g/mol. The van der Waals surface area contributed by atoms with E-state index in [2.05, 4.69) is 5.16 Å². The minimum Gasteiger partial charge on any atom is -0.486 e. The van der Waals surface area contributed by atoms with E-state index in [1.165, 1.54) is 12.1 Å². The number of carbonyl (C=O) groups is 1. The number of ether oxygens (including phenoxy) is 2. The van der Waals surface area contributed by atoms with Crippen molar-refractivity contribution in [2.45, 2.75) is 42.9 Å². The zero-order valence-corrected chi connectivity index (χ0v) is 21.3. The van der Waals surface area contributed by atoms with Gasteiger partial charge in [0.25, 0.3) is 0 Å². The molecule has 0 N–H and O–H groups in total. The maximum Gasteiger partial charge on any atom is 0.184 e. The third-order valence-corrected chi connectivity index (χ3v) is 8.31. The predicted octanol–water partition coefficient (Wildman–Crippen LogP) is 7.12. The Kier molecular flexibility index (Phi) is 6.09. The first-order chi connectivity index (χ1) is 17.9. The van der Waals surface area contributed by atoms with Crippen LogP contribution in [0.3, 0.4) is 0 Å². The summed E-state index contributed by atoms with van der Waals surface area (Å²) in [4.78, 5) is 11.1. The van der Waals surface area contributed by atoms with Gasteiger partial charge in [-0.05, 0) is 49.6 Å². The normalized spacial score (nSPS) is 16.4. The second-order valence-corrected chi connectivity index (χ2v) is 10.9. The van der Waals surface area contributed by atoms with Crippen molar-refractivity contribution >= 4 is 28.7 Å². The lowest BCUT2D eigenvalue weighted by atomic mass is 10.0. The minimum atomic E-state index is -1.72. The standard InChI is InChI=1S/C28H21ClFNO5S/c1-15-3-2-4-20(29)24(15)26-19(27(36-31-26)17-7-8-17)13-34-21-9-10-22-28(25(21)30)37(33)14-18-6-5-16(12-32)11-23(18)35-22/h2-6,9-12,17H,7-8,13-14H2,1H3. The molecule has 1 aliphatic heterocycles. The second kappa shape index (κ2) is 9.43. The van der Waals surface area contributed by atoms with Gasteiger partial charge in [-0.1, -0.05) is 41.0 Å². The molecule has 0 bridgehead atoms. The van der Waals surface area contributed by atoms with Gasteiger partial charge in [0, 0.05) is 22.6 Å². The van der Waals surface area contributed by atoms with E-state index < -0.39 is 16.6 Å². The van der Waals surface area contributed by atoms with Gasteiger partial charge in [-0.3, -0.25) is 9.00 Å². The summed E-state index contributed by atoms with van der Waals surface area (Å²) in [5.41, 5.74) is 4.03. The lowest BCUT2D eigenvalue weighted by Gasteiger charge is -2.13. The topological polar surface area (TPSA) is 78.6 Å². The van der Waals surface area contributed by atoms with Gasteiger partial charge in [-0.2, -0.15) is 0 Å². The number of aryl methyl sites for hydroxylation is 1. The molecule has 9 heteroatoms. The van der Waals surface area contributed by atoms with E-state index in [-0.39, 0.29) is 34.7 Å². The van der Waals surface area contributed by atoms with Gasteiger partial charge < -0.3 is 14.0 Å². The summed E-state index contributed by atoms with van der Waals surface area (Å²) in [6.45, 7) is 1.94. The Morgan fingerprint density at radius 1 is 1.19 bits per heavy atom. The van der Waals surface area contributed by atoms with Crippen LogP contribution < -0.4 is 9.47 Å². The van der Waals surface area contributed by atoms with Gasteiger partial charge in [0.1, 0.15) is 40.7 Å². The van der Waals surface area contributed by atoms with Crippen molar-refractivity contribution in [3.63, 3.8) is 0 Å². The number of benzene rings is 3. The van der Waals surface area contributed by atoms with E-state index >= 15 is 4.39 Å². The highest BCUT2D eigenvalue weighted by Crippen LogP contribution is 2.46. The average Bonchev–Trinajstić information content (AvgIpc) is 3.66. The molecule has 2 heterocycles. The molecule has 188 valence electrons. The molecule has 1 aromatic heterocycles. The number of hydrogen-bond donors (Lipinski definition) is 0. The zero-order chi connectivity index (χ0) is 25.7. The number of halogens is 2. The number of fused-ring (bicyclic) bond motifs is 2. The second-order valence-electron chi connectivity index (χ2n) is 9.15. The molecule has 0 radical (unpaired) electrons. The molecule has 0 amide bonds. The molecule has 2 aliphatic rings. The summed E-state index contributed by atoms with van der Waals surface area (Å²) in [6.07, 6.45) is 2.67. The number of aromatic nitrogens is 1. The Balaban J connectivity index is 1.34. The summed E-state index contributed by atoms with van der Waals surface area (Å²) in [6, 6.07) is 13.4. The van der Waals surface area contributed by atoms with Crippen molar-refractivity contribution in [2.24, 2.45) is 0 Å². The Labute approximate surface area is 219 Å². The van der Waals surface area contributed by atoms with Crippen molar-refractivity contribution in [3.05, 3.63) is 87.4 Å². The Morgan fingerprint density at radius 2 is 2.03 bits per heavy atom. The van der Waals surface area contributed by atoms with E-state index in [0.717, 1.165) is 35.3 Å². The summed E-state index contributed by atoms with van der Waals surface area (Å²) >= 11 is 6.50. The molecule has 1 unspecified atom stereocenters. The summed E-state index contributed by atoms with van der Waals surface area (Å²) in [7, 11) is -1.72. The van der Waals surface area contributed by atoms with Crippen molar-refractivity contribution in [1.82, 2.24) is 5.16 Å². The number of hydrogen-bond acceptors (Lipinski definition) is 6. The molecule has 0 saturated heterocycles. The predicted molar refractivity (Wildman–Crippen MR) is 136 cm³/mol. The minimum absolute atomic E-state index is 0.00144. The van der Waals surface area contributed by atoms with Crippen LogP contribution in [0.1, 0.15) is 51.6 Å².